The molecule has 0 N–H and O–H groups in total. The van der Waals surface area contributed by atoms with Crippen LogP contribution < -0.4 is 0 Å². The largest absolute Gasteiger partial charge is 0.466 e. The van der Waals surface area contributed by atoms with Crippen LogP contribution in [0.1, 0.15) is 13.3 Å². The number of fused-ring (bicyclic) bond motifs is 2. The van der Waals surface area contributed by atoms with Gasteiger partial charge >= 0.3 is 5.97 Å². The standard InChI is InChI=1S/C16H22O6/c1-6-7-10-8-12-11(13(17)19-2)9-15(10,20-3)14(18)16(12,21-4)22-5/h6-7,9-10,12H,8H2,1-5H3/b7-6+/t10-,12+,15-/m0/s1. The molecule has 0 spiro atoms. The molecule has 1 saturated carbocycles. The number of Topliss-reactive ketones (excluding diaryl/α,β-unsaturated/α-hetero) is 1. The molecule has 0 amide bonds. The predicted molar refractivity (Wildman–Crippen MR) is 78.0 cm³/mol. The summed E-state index contributed by atoms with van der Waals surface area (Å²) in [5.74, 6) is -3.10. The van der Waals surface area contributed by atoms with Crippen molar-refractivity contribution in [3.8, 4) is 0 Å². The average molecular weight is 310 g/mol. The fourth-order valence-corrected chi connectivity index (χ4v) is 3.65. The second kappa shape index (κ2) is 5.95. The van der Waals surface area contributed by atoms with E-state index in [4.69, 9.17) is 18.9 Å². The summed E-state index contributed by atoms with van der Waals surface area (Å²) in [6, 6.07) is 0. The molecule has 0 aromatic heterocycles. The van der Waals surface area contributed by atoms with Crippen molar-refractivity contribution in [2.24, 2.45) is 11.8 Å². The number of carbonyl (C=O) groups excluding carboxylic acids is 2. The fourth-order valence-electron chi connectivity index (χ4n) is 3.65. The molecule has 3 atom stereocenters. The Balaban J connectivity index is 2.68. The number of ketones is 1. The number of ether oxygens (including phenoxy) is 4. The number of allylic oxidation sites excluding steroid dienone is 1. The Kier molecular flexibility index (Phi) is 4.56. The molecule has 0 aliphatic heterocycles. The molecule has 0 aromatic rings. The normalized spacial score (nSPS) is 33.1. The van der Waals surface area contributed by atoms with E-state index in [1.54, 1.807) is 6.08 Å². The van der Waals surface area contributed by atoms with Gasteiger partial charge < -0.3 is 18.9 Å². The summed E-state index contributed by atoms with van der Waals surface area (Å²) < 4.78 is 21.3. The number of rotatable bonds is 5. The average Bonchev–Trinajstić information content (AvgIpc) is 2.55. The Labute approximate surface area is 130 Å². The Morgan fingerprint density at radius 2 is 1.86 bits per heavy atom. The minimum atomic E-state index is -1.54. The highest BCUT2D eigenvalue weighted by Gasteiger charge is 2.68. The van der Waals surface area contributed by atoms with Crippen molar-refractivity contribution in [3.05, 3.63) is 23.8 Å². The van der Waals surface area contributed by atoms with Crippen LogP contribution in [0.4, 0.5) is 0 Å². The first-order chi connectivity index (χ1) is 10.5. The quantitative estimate of drug-likeness (QED) is 0.432. The highest BCUT2D eigenvalue weighted by molar-refractivity contribution is 6.04. The molecule has 22 heavy (non-hydrogen) atoms. The Morgan fingerprint density at radius 3 is 2.32 bits per heavy atom. The molecule has 0 radical (unpaired) electrons. The first kappa shape index (κ1) is 16.9. The lowest BCUT2D eigenvalue weighted by molar-refractivity contribution is -0.257. The van der Waals surface area contributed by atoms with E-state index in [9.17, 15) is 9.59 Å². The first-order valence-corrected chi connectivity index (χ1v) is 7.11. The van der Waals surface area contributed by atoms with Gasteiger partial charge in [0, 0.05) is 32.8 Å². The topological polar surface area (TPSA) is 71.1 Å². The molecule has 1 fully saturated rings. The number of carbonyl (C=O) groups is 2. The predicted octanol–water partition coefficient (Wildman–Crippen LogP) is 1.25. The van der Waals surface area contributed by atoms with E-state index in [1.165, 1.54) is 28.4 Å². The zero-order valence-electron chi connectivity index (χ0n) is 13.5. The molecule has 2 bridgehead atoms. The van der Waals surface area contributed by atoms with E-state index in [1.807, 2.05) is 19.1 Å². The maximum Gasteiger partial charge on any atom is 0.334 e. The monoisotopic (exact) mass is 310 g/mol. The van der Waals surface area contributed by atoms with E-state index >= 15 is 0 Å². The van der Waals surface area contributed by atoms with Gasteiger partial charge in [-0.2, -0.15) is 0 Å². The van der Waals surface area contributed by atoms with Crippen molar-refractivity contribution in [3.63, 3.8) is 0 Å². The molecule has 6 heteroatoms. The third-order valence-corrected chi connectivity index (χ3v) is 4.71. The maximum atomic E-state index is 13.1. The van der Waals surface area contributed by atoms with Gasteiger partial charge in [0.05, 0.1) is 13.0 Å². The summed E-state index contributed by atoms with van der Waals surface area (Å²) in [5.41, 5.74) is -0.940. The summed E-state index contributed by atoms with van der Waals surface area (Å²) >= 11 is 0. The lowest BCUT2D eigenvalue weighted by Crippen LogP contribution is -2.69. The third kappa shape index (κ3) is 1.98. The van der Waals surface area contributed by atoms with Crippen LogP contribution in [0.5, 0.6) is 0 Å². The molecule has 0 aromatic carbocycles. The second-order valence-corrected chi connectivity index (χ2v) is 5.41. The molecular formula is C16H22O6. The van der Waals surface area contributed by atoms with Gasteiger partial charge in [0.1, 0.15) is 0 Å². The van der Waals surface area contributed by atoms with E-state index in [0.29, 0.717) is 12.0 Å². The van der Waals surface area contributed by atoms with E-state index in [2.05, 4.69) is 0 Å². The third-order valence-electron chi connectivity index (χ3n) is 4.71. The Morgan fingerprint density at radius 1 is 1.23 bits per heavy atom. The van der Waals surface area contributed by atoms with E-state index in [0.717, 1.165) is 0 Å². The number of methoxy groups -OCH3 is 4. The van der Waals surface area contributed by atoms with Crippen LogP contribution in [0, 0.1) is 11.8 Å². The number of hydrogen-bond acceptors (Lipinski definition) is 6. The lowest BCUT2D eigenvalue weighted by atomic mass is 9.58. The highest BCUT2D eigenvalue weighted by Crippen LogP contribution is 2.53. The summed E-state index contributed by atoms with van der Waals surface area (Å²) in [6.45, 7) is 1.88. The lowest BCUT2D eigenvalue weighted by Gasteiger charge is -2.54. The Hall–Kier alpha value is -1.50. The zero-order chi connectivity index (χ0) is 16.5. The van der Waals surface area contributed by atoms with Gasteiger partial charge in [-0.05, 0) is 19.4 Å². The molecule has 0 saturated heterocycles. The van der Waals surface area contributed by atoms with Crippen molar-refractivity contribution in [1.29, 1.82) is 0 Å². The minimum absolute atomic E-state index is 0.188. The van der Waals surface area contributed by atoms with E-state index < -0.39 is 23.3 Å². The van der Waals surface area contributed by atoms with Gasteiger partial charge in [-0.15, -0.1) is 0 Å². The van der Waals surface area contributed by atoms with Crippen LogP contribution in [-0.2, 0) is 28.5 Å². The molecule has 0 heterocycles. The van der Waals surface area contributed by atoms with Gasteiger partial charge in [0.2, 0.25) is 11.6 Å². The van der Waals surface area contributed by atoms with Crippen molar-refractivity contribution >= 4 is 11.8 Å². The Bertz CT molecular complexity index is 531. The van der Waals surface area contributed by atoms with Crippen LogP contribution in [0.2, 0.25) is 0 Å². The van der Waals surface area contributed by atoms with Gasteiger partial charge in [-0.3, -0.25) is 4.79 Å². The summed E-state index contributed by atoms with van der Waals surface area (Å²) in [6.07, 6.45) is 5.84. The molecule has 122 valence electrons. The van der Waals surface area contributed by atoms with Crippen LogP contribution >= 0.6 is 0 Å². The smallest absolute Gasteiger partial charge is 0.334 e. The van der Waals surface area contributed by atoms with Crippen LogP contribution in [-0.4, -0.2) is 51.6 Å². The van der Waals surface area contributed by atoms with Crippen LogP contribution in [0.15, 0.2) is 23.8 Å². The van der Waals surface area contributed by atoms with E-state index in [-0.39, 0.29) is 11.7 Å². The van der Waals surface area contributed by atoms with Crippen molar-refractivity contribution < 1.29 is 28.5 Å². The molecule has 6 nitrogen and oxygen atoms in total. The molecular weight excluding hydrogens is 288 g/mol. The molecule has 0 unspecified atom stereocenters. The highest BCUT2D eigenvalue weighted by atomic mass is 16.7. The molecule has 3 aliphatic rings. The van der Waals surface area contributed by atoms with Crippen molar-refractivity contribution in [2.45, 2.75) is 24.7 Å². The van der Waals surface area contributed by atoms with Crippen molar-refractivity contribution in [2.75, 3.05) is 28.4 Å². The van der Waals surface area contributed by atoms with Gasteiger partial charge in [-0.25, -0.2) is 4.79 Å². The summed E-state index contributed by atoms with van der Waals surface area (Å²) in [5, 5.41) is 0. The van der Waals surface area contributed by atoms with Gasteiger partial charge in [0.15, 0.2) is 5.60 Å². The summed E-state index contributed by atoms with van der Waals surface area (Å²) in [7, 11) is 5.54. The maximum absolute atomic E-state index is 13.1. The summed E-state index contributed by atoms with van der Waals surface area (Å²) in [4.78, 5) is 25.2. The zero-order valence-corrected chi connectivity index (χ0v) is 13.5. The van der Waals surface area contributed by atoms with Gasteiger partial charge in [0.25, 0.3) is 0 Å². The van der Waals surface area contributed by atoms with Crippen molar-refractivity contribution in [1.82, 2.24) is 0 Å². The molecule has 3 aliphatic carbocycles. The molecule has 3 rings (SSSR count). The SMILES string of the molecule is C/C=C/[C@H]1C[C@@H]2C(C(=O)OC)=C[C@@]1(OC)C(=O)C2(OC)OC. The fraction of sp³-hybridized carbons (Fsp3) is 0.625. The number of hydrogen-bond donors (Lipinski definition) is 0. The second-order valence-electron chi connectivity index (χ2n) is 5.41. The van der Waals surface area contributed by atoms with Gasteiger partial charge in [-0.1, -0.05) is 12.2 Å². The van der Waals surface area contributed by atoms with Crippen LogP contribution in [0.25, 0.3) is 0 Å². The number of esters is 1. The minimum Gasteiger partial charge on any atom is -0.466 e. The van der Waals surface area contributed by atoms with Crippen LogP contribution in [0.3, 0.4) is 0 Å². The first-order valence-electron chi connectivity index (χ1n) is 7.11.